The first-order valence-electron chi connectivity index (χ1n) is 8.47. The van der Waals surface area contributed by atoms with Crippen LogP contribution in [0.25, 0.3) is 0 Å². The second kappa shape index (κ2) is 9.82. The maximum absolute atomic E-state index is 12.3. The predicted molar refractivity (Wildman–Crippen MR) is 97.9 cm³/mol. The number of nitrogens with zero attached hydrogens (tertiary/aromatic N) is 1. The largest absolute Gasteiger partial charge is 0.457 e. The van der Waals surface area contributed by atoms with E-state index >= 15 is 0 Å². The Morgan fingerprint density at radius 2 is 2.21 bits per heavy atom. The SMILES string of the molecule is CCOC(=O)P(=O)(OC)OC[C@H]1O[C@@H](n2cc(CCCl)c(=O)[nH]c2=O)C[C@@H]1O. The second-order valence-electron chi connectivity index (χ2n) is 5.87. The number of aliphatic hydroxyl groups is 1. The minimum absolute atomic E-state index is 0.0109. The number of halogens is 1. The molecule has 0 radical (unpaired) electrons. The maximum Gasteiger partial charge on any atom is 0.438 e. The predicted octanol–water partition coefficient (Wildman–Crippen LogP) is 0.979. The number of hydrogen-bond acceptors (Lipinski definition) is 9. The Morgan fingerprint density at radius 3 is 2.82 bits per heavy atom. The highest BCUT2D eigenvalue weighted by Gasteiger charge is 2.41. The summed E-state index contributed by atoms with van der Waals surface area (Å²) in [7, 11) is -3.16. The molecule has 13 heteroatoms. The van der Waals surface area contributed by atoms with Gasteiger partial charge in [-0.25, -0.2) is 14.2 Å². The molecule has 0 aromatic carbocycles. The van der Waals surface area contributed by atoms with E-state index in [2.05, 4.69) is 14.2 Å². The van der Waals surface area contributed by atoms with E-state index in [0.717, 1.165) is 11.7 Å². The Kier molecular flexibility index (Phi) is 7.99. The van der Waals surface area contributed by atoms with Crippen molar-refractivity contribution in [2.75, 3.05) is 26.2 Å². The standard InChI is InChI=1S/C15H22ClN2O9P/c1-3-25-15(22)28(23,24-2)26-8-11-10(19)6-12(27-11)18-7-9(4-5-16)13(20)17-14(18)21/h7,10-12,19H,3-6,8H2,1-2H3,(H,17,20,21)/t10-,11+,12+,28?/m0/s1. The molecule has 2 rings (SSSR count). The van der Waals surface area contributed by atoms with Gasteiger partial charge in [0.2, 0.25) is 0 Å². The van der Waals surface area contributed by atoms with E-state index in [9.17, 15) is 24.1 Å². The van der Waals surface area contributed by atoms with Gasteiger partial charge in [0.15, 0.2) is 0 Å². The first-order chi connectivity index (χ1) is 13.3. The molecule has 158 valence electrons. The molecule has 2 heterocycles. The number of ether oxygens (including phenoxy) is 2. The van der Waals surface area contributed by atoms with Gasteiger partial charge >= 0.3 is 19.0 Å². The van der Waals surface area contributed by atoms with Crippen molar-refractivity contribution in [2.24, 2.45) is 0 Å². The molecule has 1 fully saturated rings. The Morgan fingerprint density at radius 1 is 1.50 bits per heavy atom. The molecule has 1 aromatic rings. The highest BCUT2D eigenvalue weighted by molar-refractivity contribution is 7.71. The van der Waals surface area contributed by atoms with Crippen molar-refractivity contribution in [3.63, 3.8) is 0 Å². The van der Waals surface area contributed by atoms with Crippen LogP contribution in [0, 0.1) is 0 Å². The number of carbonyl (C=O) groups is 1. The zero-order valence-corrected chi connectivity index (χ0v) is 17.0. The van der Waals surface area contributed by atoms with Crippen LogP contribution in [0.2, 0.25) is 0 Å². The number of aromatic nitrogens is 2. The molecule has 1 aliphatic heterocycles. The third-order valence-corrected chi connectivity index (χ3v) is 5.80. The third kappa shape index (κ3) is 5.11. The molecule has 1 aliphatic rings. The van der Waals surface area contributed by atoms with E-state index in [1.165, 1.54) is 13.1 Å². The average Bonchev–Trinajstić information content (AvgIpc) is 3.02. The van der Waals surface area contributed by atoms with Gasteiger partial charge in [0.1, 0.15) is 12.3 Å². The van der Waals surface area contributed by atoms with E-state index in [1.54, 1.807) is 0 Å². The molecule has 28 heavy (non-hydrogen) atoms. The van der Waals surface area contributed by atoms with Crippen molar-refractivity contribution in [3.05, 3.63) is 32.6 Å². The van der Waals surface area contributed by atoms with Crippen LogP contribution in [-0.4, -0.2) is 58.8 Å². The first-order valence-corrected chi connectivity index (χ1v) is 10.5. The van der Waals surface area contributed by atoms with Crippen molar-refractivity contribution in [2.45, 2.75) is 38.2 Å². The molecule has 1 unspecified atom stereocenters. The smallest absolute Gasteiger partial charge is 0.438 e. The summed E-state index contributed by atoms with van der Waals surface area (Å²) in [6, 6.07) is 0. The van der Waals surface area contributed by atoms with Crippen LogP contribution in [0.3, 0.4) is 0 Å². The van der Waals surface area contributed by atoms with Crippen LogP contribution in [0.15, 0.2) is 15.8 Å². The molecular weight excluding hydrogens is 419 g/mol. The van der Waals surface area contributed by atoms with E-state index in [0.29, 0.717) is 5.56 Å². The number of hydrogen-bond donors (Lipinski definition) is 2. The summed E-state index contributed by atoms with van der Waals surface area (Å²) in [5.41, 5.74) is -2.12. The van der Waals surface area contributed by atoms with Crippen LogP contribution >= 0.6 is 19.2 Å². The molecule has 0 bridgehead atoms. The molecule has 2 N–H and O–H groups in total. The van der Waals surface area contributed by atoms with Crippen LogP contribution in [0.1, 0.15) is 25.1 Å². The molecule has 1 aromatic heterocycles. The topological polar surface area (TPSA) is 146 Å². The third-order valence-electron chi connectivity index (χ3n) is 4.06. The Hall–Kier alpha value is -1.49. The van der Waals surface area contributed by atoms with E-state index in [4.69, 9.17) is 20.9 Å². The Labute approximate surface area is 165 Å². The minimum Gasteiger partial charge on any atom is -0.457 e. The highest BCUT2D eigenvalue weighted by atomic mass is 35.5. The van der Waals surface area contributed by atoms with E-state index in [1.807, 2.05) is 0 Å². The van der Waals surface area contributed by atoms with Crippen LogP contribution in [0.4, 0.5) is 4.79 Å². The number of H-pyrrole nitrogens is 1. The molecule has 0 aliphatic carbocycles. The number of carbonyl (C=O) groups excluding carboxylic acids is 1. The number of aromatic amines is 1. The Bertz CT molecular complexity index is 855. The number of aliphatic hydroxyl groups excluding tert-OH is 1. The molecule has 4 atom stereocenters. The van der Waals surface area contributed by atoms with Gasteiger partial charge in [-0.15, -0.1) is 11.6 Å². The lowest BCUT2D eigenvalue weighted by Gasteiger charge is -2.19. The van der Waals surface area contributed by atoms with Gasteiger partial charge in [-0.1, -0.05) is 0 Å². The quantitative estimate of drug-likeness (QED) is 0.423. The summed E-state index contributed by atoms with van der Waals surface area (Å²) in [6.45, 7) is 1.08. The van der Waals surface area contributed by atoms with Crippen molar-refractivity contribution < 1.29 is 33.0 Å². The zero-order valence-electron chi connectivity index (χ0n) is 15.3. The van der Waals surface area contributed by atoms with E-state index in [-0.39, 0.29) is 25.3 Å². The normalized spacial score (nSPS) is 24.1. The van der Waals surface area contributed by atoms with Crippen molar-refractivity contribution >= 4 is 24.9 Å². The highest BCUT2D eigenvalue weighted by Crippen LogP contribution is 2.49. The van der Waals surface area contributed by atoms with Gasteiger partial charge < -0.3 is 19.1 Å². The number of alkyl halides is 1. The fourth-order valence-electron chi connectivity index (χ4n) is 2.61. The fourth-order valence-corrected chi connectivity index (χ4v) is 3.80. The minimum atomic E-state index is -4.19. The average molecular weight is 441 g/mol. The first kappa shape index (κ1) is 22.8. The molecule has 11 nitrogen and oxygen atoms in total. The summed E-state index contributed by atoms with van der Waals surface area (Å²) in [5.74, 6) is 0.187. The Balaban J connectivity index is 2.12. The summed E-state index contributed by atoms with van der Waals surface area (Å²) in [6.07, 6.45) is -1.38. The zero-order chi connectivity index (χ0) is 20.9. The van der Waals surface area contributed by atoms with Gasteiger partial charge in [-0.05, 0) is 13.3 Å². The van der Waals surface area contributed by atoms with Crippen molar-refractivity contribution in [1.82, 2.24) is 9.55 Å². The van der Waals surface area contributed by atoms with Gasteiger partial charge in [-0.2, -0.15) is 0 Å². The summed E-state index contributed by atoms with van der Waals surface area (Å²) in [5, 5.41) is 10.2. The lowest BCUT2D eigenvalue weighted by molar-refractivity contribution is -0.0428. The molecule has 0 amide bonds. The molecule has 0 spiro atoms. The summed E-state index contributed by atoms with van der Waals surface area (Å²) >= 11 is 5.65. The van der Waals surface area contributed by atoms with E-state index < -0.39 is 49.6 Å². The van der Waals surface area contributed by atoms with Gasteiger partial charge in [0.25, 0.3) is 5.56 Å². The molecule has 0 saturated carbocycles. The van der Waals surface area contributed by atoms with Crippen LogP contribution in [-0.2, 0) is 29.5 Å². The van der Waals surface area contributed by atoms with Gasteiger partial charge in [0, 0.05) is 31.2 Å². The fraction of sp³-hybridized carbons (Fsp3) is 0.667. The van der Waals surface area contributed by atoms with Crippen molar-refractivity contribution in [1.29, 1.82) is 0 Å². The monoisotopic (exact) mass is 440 g/mol. The van der Waals surface area contributed by atoms with Gasteiger partial charge in [0.05, 0.1) is 19.3 Å². The summed E-state index contributed by atoms with van der Waals surface area (Å²) in [4.78, 5) is 37.7. The number of nitrogens with one attached hydrogen (secondary N) is 1. The lowest BCUT2D eigenvalue weighted by Crippen LogP contribution is -2.34. The molecule has 1 saturated heterocycles. The van der Waals surface area contributed by atoms with Crippen LogP contribution in [0.5, 0.6) is 0 Å². The van der Waals surface area contributed by atoms with Crippen LogP contribution < -0.4 is 11.2 Å². The summed E-state index contributed by atoms with van der Waals surface area (Å²) < 4.78 is 33.4. The maximum atomic E-state index is 12.3. The number of aryl methyl sites for hydroxylation is 1. The lowest BCUT2D eigenvalue weighted by atomic mass is 10.2. The molecular formula is C15H22ClN2O9P. The second-order valence-corrected chi connectivity index (χ2v) is 8.23. The number of rotatable bonds is 9. The van der Waals surface area contributed by atoms with Gasteiger partial charge in [-0.3, -0.25) is 18.9 Å². The van der Waals surface area contributed by atoms with Crippen molar-refractivity contribution in [3.8, 4) is 0 Å².